The quantitative estimate of drug-likeness (QED) is 0.363. The maximum Gasteiger partial charge on any atom is 0.340 e. The van der Waals surface area contributed by atoms with Crippen molar-refractivity contribution in [2.24, 2.45) is 0 Å². The molecule has 1 N–H and O–H groups in total. The number of carbonyl (C=O) groups is 1. The zero-order chi connectivity index (χ0) is 23.1. The standard InChI is InChI=1S/C27H22N2O4/c1-15-20-12-22-24(18-8-5-4-6-9-18)17(3)32-26(22)16(2)25(20)33-27(31)21(15)13-23(30)29-19-10-7-11-28-14-19/h4-12,14H,13H2,1-3H3,(H,29,30). The van der Waals surface area contributed by atoms with Gasteiger partial charge in [-0.25, -0.2) is 4.79 Å². The normalized spacial score (nSPS) is 11.2. The van der Waals surface area contributed by atoms with Gasteiger partial charge in [0.05, 0.1) is 23.9 Å². The Hall–Kier alpha value is -4.19. The maximum absolute atomic E-state index is 12.8. The number of fused-ring (bicyclic) bond motifs is 2. The van der Waals surface area contributed by atoms with E-state index in [2.05, 4.69) is 10.3 Å². The van der Waals surface area contributed by atoms with E-state index in [0.29, 0.717) is 22.4 Å². The number of amides is 1. The van der Waals surface area contributed by atoms with Gasteiger partial charge in [0.2, 0.25) is 5.91 Å². The van der Waals surface area contributed by atoms with Crippen molar-refractivity contribution in [3.8, 4) is 11.1 Å². The van der Waals surface area contributed by atoms with Gasteiger partial charge in [-0.15, -0.1) is 0 Å². The van der Waals surface area contributed by atoms with E-state index in [9.17, 15) is 9.59 Å². The minimum Gasteiger partial charge on any atom is -0.460 e. The van der Waals surface area contributed by atoms with Crippen LogP contribution >= 0.6 is 0 Å². The first-order valence-electron chi connectivity index (χ1n) is 10.7. The summed E-state index contributed by atoms with van der Waals surface area (Å²) in [5.74, 6) is 0.491. The predicted molar refractivity (Wildman–Crippen MR) is 128 cm³/mol. The first-order chi connectivity index (χ1) is 15.9. The fourth-order valence-electron chi connectivity index (χ4n) is 4.34. The summed E-state index contributed by atoms with van der Waals surface area (Å²) in [5.41, 5.74) is 5.13. The van der Waals surface area contributed by atoms with Crippen molar-refractivity contribution in [1.82, 2.24) is 4.98 Å². The van der Waals surface area contributed by atoms with Crippen LogP contribution < -0.4 is 10.9 Å². The topological polar surface area (TPSA) is 85.3 Å². The predicted octanol–water partition coefficient (Wildman–Crippen LogP) is 5.71. The van der Waals surface area contributed by atoms with Gasteiger partial charge in [0.25, 0.3) is 0 Å². The molecular formula is C27H22N2O4. The molecule has 0 bridgehead atoms. The summed E-state index contributed by atoms with van der Waals surface area (Å²) in [5, 5.41) is 4.51. The lowest BCUT2D eigenvalue weighted by Gasteiger charge is -2.10. The van der Waals surface area contributed by atoms with Gasteiger partial charge in [0, 0.05) is 28.1 Å². The van der Waals surface area contributed by atoms with E-state index >= 15 is 0 Å². The van der Waals surface area contributed by atoms with Gasteiger partial charge in [-0.1, -0.05) is 30.3 Å². The zero-order valence-electron chi connectivity index (χ0n) is 18.6. The monoisotopic (exact) mass is 438 g/mol. The minimum absolute atomic E-state index is 0.0912. The van der Waals surface area contributed by atoms with Gasteiger partial charge in [0.1, 0.15) is 16.9 Å². The van der Waals surface area contributed by atoms with Crippen molar-refractivity contribution in [3.05, 3.63) is 93.8 Å². The number of benzene rings is 2. The number of nitrogens with zero attached hydrogens (tertiary/aromatic N) is 1. The summed E-state index contributed by atoms with van der Waals surface area (Å²) in [6.07, 6.45) is 3.09. The zero-order valence-corrected chi connectivity index (χ0v) is 18.6. The highest BCUT2D eigenvalue weighted by molar-refractivity contribution is 6.06. The Morgan fingerprint density at radius 1 is 0.939 bits per heavy atom. The molecular weight excluding hydrogens is 416 g/mol. The SMILES string of the molecule is Cc1oc2c(C)c3oc(=O)c(CC(=O)Nc4cccnc4)c(C)c3cc2c1-c1ccccc1. The Morgan fingerprint density at radius 2 is 1.70 bits per heavy atom. The number of furan rings is 1. The molecule has 3 aromatic heterocycles. The summed E-state index contributed by atoms with van der Waals surface area (Å²) in [7, 11) is 0. The second-order valence-electron chi connectivity index (χ2n) is 8.11. The van der Waals surface area contributed by atoms with Gasteiger partial charge in [-0.3, -0.25) is 9.78 Å². The number of aryl methyl sites for hydroxylation is 3. The van der Waals surface area contributed by atoms with E-state index in [0.717, 1.165) is 38.8 Å². The van der Waals surface area contributed by atoms with Gasteiger partial charge < -0.3 is 14.2 Å². The van der Waals surface area contributed by atoms with E-state index in [1.54, 1.807) is 24.5 Å². The number of hydrogen-bond acceptors (Lipinski definition) is 5. The molecule has 0 spiro atoms. The van der Waals surface area contributed by atoms with Crippen molar-refractivity contribution in [1.29, 1.82) is 0 Å². The highest BCUT2D eigenvalue weighted by Gasteiger charge is 2.21. The average Bonchev–Trinajstić information content (AvgIpc) is 3.15. The summed E-state index contributed by atoms with van der Waals surface area (Å²) in [6, 6.07) is 15.5. The molecule has 0 fully saturated rings. The molecule has 5 aromatic rings. The highest BCUT2D eigenvalue weighted by Crippen LogP contribution is 2.39. The smallest absolute Gasteiger partial charge is 0.340 e. The molecule has 6 nitrogen and oxygen atoms in total. The molecule has 0 aliphatic carbocycles. The maximum atomic E-state index is 12.8. The van der Waals surface area contributed by atoms with Gasteiger partial charge in [-0.05, 0) is 50.1 Å². The van der Waals surface area contributed by atoms with Gasteiger partial charge >= 0.3 is 5.63 Å². The van der Waals surface area contributed by atoms with Crippen LogP contribution in [0, 0.1) is 20.8 Å². The molecule has 5 rings (SSSR count). The van der Waals surface area contributed by atoms with Crippen LogP contribution in [0.2, 0.25) is 0 Å². The van der Waals surface area contributed by atoms with E-state index in [1.165, 1.54) is 0 Å². The van der Waals surface area contributed by atoms with Crippen molar-refractivity contribution in [2.45, 2.75) is 27.2 Å². The Bertz CT molecular complexity index is 1570. The fraction of sp³-hybridized carbons (Fsp3) is 0.148. The summed E-state index contributed by atoms with van der Waals surface area (Å²) < 4.78 is 11.8. The van der Waals surface area contributed by atoms with Crippen LogP contribution in [-0.4, -0.2) is 10.9 Å². The second-order valence-corrected chi connectivity index (χ2v) is 8.11. The van der Waals surface area contributed by atoms with Crippen LogP contribution in [0.3, 0.4) is 0 Å². The number of nitrogens with one attached hydrogen (secondary N) is 1. The number of anilines is 1. The van der Waals surface area contributed by atoms with Crippen molar-refractivity contribution in [2.75, 3.05) is 5.32 Å². The van der Waals surface area contributed by atoms with Crippen LogP contribution in [0.25, 0.3) is 33.1 Å². The van der Waals surface area contributed by atoms with Crippen LogP contribution in [0.4, 0.5) is 5.69 Å². The van der Waals surface area contributed by atoms with Crippen LogP contribution in [0.15, 0.2) is 74.6 Å². The Labute approximate surface area is 189 Å². The Kier molecular flexibility index (Phi) is 5.05. The lowest BCUT2D eigenvalue weighted by molar-refractivity contribution is -0.115. The number of rotatable bonds is 4. The lowest BCUT2D eigenvalue weighted by atomic mass is 9.96. The van der Waals surface area contributed by atoms with Crippen LogP contribution in [-0.2, 0) is 11.2 Å². The Balaban J connectivity index is 1.65. The fourth-order valence-corrected chi connectivity index (χ4v) is 4.34. The van der Waals surface area contributed by atoms with Crippen molar-refractivity contribution >= 4 is 33.5 Å². The second kappa shape index (κ2) is 8.06. The summed E-state index contributed by atoms with van der Waals surface area (Å²) >= 11 is 0. The third-order valence-corrected chi connectivity index (χ3v) is 5.98. The average molecular weight is 438 g/mol. The summed E-state index contributed by atoms with van der Waals surface area (Å²) in [4.78, 5) is 29.4. The molecule has 33 heavy (non-hydrogen) atoms. The molecule has 0 saturated carbocycles. The molecule has 1 amide bonds. The van der Waals surface area contributed by atoms with Crippen molar-refractivity contribution in [3.63, 3.8) is 0 Å². The number of aromatic nitrogens is 1. The molecule has 0 saturated heterocycles. The molecule has 0 aliphatic heterocycles. The van der Waals surface area contributed by atoms with E-state index < -0.39 is 5.63 Å². The third-order valence-electron chi connectivity index (χ3n) is 5.98. The van der Waals surface area contributed by atoms with Crippen LogP contribution in [0.5, 0.6) is 0 Å². The number of hydrogen-bond donors (Lipinski definition) is 1. The number of carbonyl (C=O) groups excluding carboxylic acids is 1. The molecule has 0 radical (unpaired) electrons. The molecule has 0 atom stereocenters. The first-order valence-corrected chi connectivity index (χ1v) is 10.7. The summed E-state index contributed by atoms with van der Waals surface area (Å²) in [6.45, 7) is 5.68. The number of pyridine rings is 1. The molecule has 3 heterocycles. The van der Waals surface area contributed by atoms with Crippen LogP contribution in [0.1, 0.15) is 22.5 Å². The largest absolute Gasteiger partial charge is 0.460 e. The molecule has 164 valence electrons. The van der Waals surface area contributed by atoms with Crippen molar-refractivity contribution < 1.29 is 13.6 Å². The Morgan fingerprint density at radius 3 is 2.42 bits per heavy atom. The third kappa shape index (κ3) is 3.59. The van der Waals surface area contributed by atoms with E-state index in [1.807, 2.05) is 57.2 Å². The molecule has 0 aliphatic rings. The molecule has 0 unspecified atom stereocenters. The highest BCUT2D eigenvalue weighted by atomic mass is 16.4. The first kappa shape index (κ1) is 20.7. The molecule has 2 aromatic carbocycles. The van der Waals surface area contributed by atoms with E-state index in [-0.39, 0.29) is 12.3 Å². The van der Waals surface area contributed by atoms with Gasteiger partial charge in [-0.2, -0.15) is 0 Å². The van der Waals surface area contributed by atoms with E-state index in [4.69, 9.17) is 8.83 Å². The minimum atomic E-state index is -0.518. The lowest BCUT2D eigenvalue weighted by Crippen LogP contribution is -2.20. The van der Waals surface area contributed by atoms with Gasteiger partial charge in [0.15, 0.2) is 0 Å². The molecule has 6 heteroatoms.